The molecule has 2 N–H and O–H groups in total. The fraction of sp³-hybridized carbons (Fsp3) is 0.455. The quantitative estimate of drug-likeness (QED) is 0.906. The van der Waals surface area contributed by atoms with E-state index in [1.54, 1.807) is 13.0 Å². The van der Waals surface area contributed by atoms with Gasteiger partial charge in [0.1, 0.15) is 0 Å². The molecule has 0 bridgehead atoms. The van der Waals surface area contributed by atoms with Crippen LogP contribution in [0.25, 0.3) is 0 Å². The third-order valence-corrected chi connectivity index (χ3v) is 4.81. The number of sulfone groups is 1. The summed E-state index contributed by atoms with van der Waals surface area (Å²) in [4.78, 5) is 0. The molecule has 0 fully saturated rings. The van der Waals surface area contributed by atoms with Crippen LogP contribution in [0.4, 0.5) is 0 Å². The van der Waals surface area contributed by atoms with Crippen LogP contribution in [0, 0.1) is 6.92 Å². The van der Waals surface area contributed by atoms with Gasteiger partial charge in [-0.3, -0.25) is 0 Å². The van der Waals surface area contributed by atoms with E-state index in [9.17, 15) is 8.42 Å². The van der Waals surface area contributed by atoms with Crippen molar-refractivity contribution in [3.05, 3.63) is 34.3 Å². The van der Waals surface area contributed by atoms with E-state index in [1.807, 2.05) is 19.1 Å². The van der Waals surface area contributed by atoms with E-state index in [0.717, 1.165) is 11.1 Å². The zero-order valence-corrected chi connectivity index (χ0v) is 11.1. The molecule has 1 aromatic carbocycles. The summed E-state index contributed by atoms with van der Waals surface area (Å²) >= 11 is 5.97. The molecule has 2 unspecified atom stereocenters. The van der Waals surface area contributed by atoms with Gasteiger partial charge in [0.25, 0.3) is 0 Å². The van der Waals surface area contributed by atoms with E-state index in [-0.39, 0.29) is 0 Å². The van der Waals surface area contributed by atoms with Gasteiger partial charge in [-0.05, 0) is 31.0 Å². The van der Waals surface area contributed by atoms with Crippen LogP contribution in [0.5, 0.6) is 0 Å². The Hall–Kier alpha value is -0.580. The van der Waals surface area contributed by atoms with Crippen molar-refractivity contribution < 1.29 is 8.42 Å². The second-order valence-corrected chi connectivity index (χ2v) is 6.88. The van der Waals surface area contributed by atoms with Gasteiger partial charge in [-0.25, -0.2) is 8.42 Å². The summed E-state index contributed by atoms with van der Waals surface area (Å²) in [5, 5.41) is -0.0140. The van der Waals surface area contributed by atoms with Gasteiger partial charge in [0, 0.05) is 17.3 Å². The van der Waals surface area contributed by atoms with E-state index in [0.29, 0.717) is 5.02 Å². The van der Waals surface area contributed by atoms with Crippen molar-refractivity contribution in [3.63, 3.8) is 0 Å². The minimum Gasteiger partial charge on any atom is -0.323 e. The maximum absolute atomic E-state index is 11.4. The van der Waals surface area contributed by atoms with Gasteiger partial charge in [-0.15, -0.1) is 0 Å². The molecule has 0 saturated heterocycles. The predicted octanol–water partition coefficient (Wildman–Crippen LogP) is 2.08. The summed E-state index contributed by atoms with van der Waals surface area (Å²) in [7, 11) is -3.14. The number of hydrogen-bond donors (Lipinski definition) is 1. The Bertz CT molecular complexity index is 485. The Morgan fingerprint density at radius 1 is 1.38 bits per heavy atom. The van der Waals surface area contributed by atoms with E-state index in [1.165, 1.54) is 6.26 Å². The Morgan fingerprint density at radius 3 is 2.38 bits per heavy atom. The highest BCUT2D eigenvalue weighted by Crippen LogP contribution is 2.24. The number of benzene rings is 1. The van der Waals surface area contributed by atoms with Gasteiger partial charge in [-0.2, -0.15) is 0 Å². The monoisotopic (exact) mass is 261 g/mol. The summed E-state index contributed by atoms with van der Waals surface area (Å²) < 4.78 is 22.8. The zero-order valence-electron chi connectivity index (χ0n) is 9.57. The molecule has 0 aliphatic heterocycles. The Labute approximate surface area is 102 Å². The van der Waals surface area contributed by atoms with Crippen molar-refractivity contribution in [3.8, 4) is 0 Å². The maximum atomic E-state index is 11.4. The van der Waals surface area contributed by atoms with Gasteiger partial charge >= 0.3 is 0 Å². The molecule has 0 aliphatic rings. The maximum Gasteiger partial charge on any atom is 0.151 e. The van der Waals surface area contributed by atoms with Crippen LogP contribution in [-0.2, 0) is 9.84 Å². The highest BCUT2D eigenvalue weighted by molar-refractivity contribution is 7.91. The van der Waals surface area contributed by atoms with Gasteiger partial charge in [0.05, 0.1) is 5.25 Å². The van der Waals surface area contributed by atoms with Crippen LogP contribution >= 0.6 is 11.6 Å². The first-order chi connectivity index (χ1) is 7.23. The Balaban J connectivity index is 3.06. The second kappa shape index (κ2) is 4.73. The molecule has 0 aromatic heterocycles. The molecular weight excluding hydrogens is 246 g/mol. The van der Waals surface area contributed by atoms with Crippen molar-refractivity contribution in [1.82, 2.24) is 0 Å². The summed E-state index contributed by atoms with van der Waals surface area (Å²) in [5.74, 6) is 0. The number of aryl methyl sites for hydroxylation is 1. The van der Waals surface area contributed by atoms with E-state index >= 15 is 0 Å². The third-order valence-electron chi connectivity index (χ3n) is 2.76. The smallest absolute Gasteiger partial charge is 0.151 e. The summed E-state index contributed by atoms with van der Waals surface area (Å²) in [5.41, 5.74) is 7.60. The van der Waals surface area contributed by atoms with E-state index < -0.39 is 21.1 Å². The molecule has 90 valence electrons. The van der Waals surface area contributed by atoms with Crippen LogP contribution in [-0.4, -0.2) is 19.9 Å². The lowest BCUT2D eigenvalue weighted by Gasteiger charge is -2.19. The van der Waals surface area contributed by atoms with Crippen molar-refractivity contribution in [2.24, 2.45) is 5.73 Å². The lowest BCUT2D eigenvalue weighted by molar-refractivity contribution is 0.571. The Kier molecular flexibility index (Phi) is 3.99. The topological polar surface area (TPSA) is 60.2 Å². The van der Waals surface area contributed by atoms with Crippen LogP contribution in [0.15, 0.2) is 18.2 Å². The minimum absolute atomic E-state index is 0.548. The molecule has 3 nitrogen and oxygen atoms in total. The minimum atomic E-state index is -3.14. The highest BCUT2D eigenvalue weighted by atomic mass is 35.5. The summed E-state index contributed by atoms with van der Waals surface area (Å²) in [6.07, 6.45) is 1.19. The molecule has 2 atom stereocenters. The molecule has 1 rings (SSSR count). The molecule has 0 heterocycles. The summed E-state index contributed by atoms with van der Waals surface area (Å²) in [6, 6.07) is 4.83. The van der Waals surface area contributed by atoms with Gasteiger partial charge < -0.3 is 5.73 Å². The lowest BCUT2D eigenvalue weighted by Crippen LogP contribution is -2.30. The van der Waals surface area contributed by atoms with E-state index in [2.05, 4.69) is 0 Å². The van der Waals surface area contributed by atoms with Gasteiger partial charge in [-0.1, -0.05) is 23.7 Å². The zero-order chi connectivity index (χ0) is 12.5. The van der Waals surface area contributed by atoms with Crippen molar-refractivity contribution in [1.29, 1.82) is 0 Å². The highest BCUT2D eigenvalue weighted by Gasteiger charge is 2.24. The standard InChI is InChI=1S/C11H16ClNO2S/c1-7-4-5-9(6-10(7)12)11(13)8(2)16(3,14)15/h4-6,8,11H,13H2,1-3H3. The first-order valence-corrected chi connectivity index (χ1v) is 7.27. The largest absolute Gasteiger partial charge is 0.323 e. The molecule has 0 saturated carbocycles. The lowest BCUT2D eigenvalue weighted by atomic mass is 10.0. The van der Waals surface area contributed by atoms with Gasteiger partial charge in [0.15, 0.2) is 9.84 Å². The van der Waals surface area contributed by atoms with Crippen molar-refractivity contribution >= 4 is 21.4 Å². The normalized spacial score (nSPS) is 15.8. The molecule has 0 spiro atoms. The molecule has 0 radical (unpaired) electrons. The molecule has 16 heavy (non-hydrogen) atoms. The number of hydrogen-bond acceptors (Lipinski definition) is 3. The number of rotatable bonds is 3. The SMILES string of the molecule is Cc1ccc(C(N)C(C)S(C)(=O)=O)cc1Cl. The average Bonchev–Trinajstić information content (AvgIpc) is 2.18. The molecule has 0 aliphatic carbocycles. The van der Waals surface area contributed by atoms with Crippen LogP contribution in [0.1, 0.15) is 24.1 Å². The van der Waals surface area contributed by atoms with Crippen molar-refractivity contribution in [2.45, 2.75) is 25.1 Å². The molecule has 5 heteroatoms. The fourth-order valence-corrected chi connectivity index (χ4v) is 2.23. The third kappa shape index (κ3) is 2.97. The number of halogens is 1. The second-order valence-electron chi connectivity index (χ2n) is 4.07. The van der Waals surface area contributed by atoms with Crippen LogP contribution < -0.4 is 5.73 Å². The first kappa shape index (κ1) is 13.5. The van der Waals surface area contributed by atoms with Crippen molar-refractivity contribution in [2.75, 3.05) is 6.26 Å². The first-order valence-electron chi connectivity index (χ1n) is 4.94. The molecule has 1 aromatic rings. The van der Waals surface area contributed by atoms with Crippen LogP contribution in [0.3, 0.4) is 0 Å². The predicted molar refractivity (Wildman–Crippen MR) is 67.4 cm³/mol. The average molecular weight is 262 g/mol. The van der Waals surface area contributed by atoms with E-state index in [4.69, 9.17) is 17.3 Å². The fourth-order valence-electron chi connectivity index (χ4n) is 1.35. The summed E-state index contributed by atoms with van der Waals surface area (Å²) in [6.45, 7) is 3.49. The Morgan fingerprint density at radius 2 is 1.94 bits per heavy atom. The molecule has 0 amide bonds. The number of nitrogens with two attached hydrogens (primary N) is 1. The van der Waals surface area contributed by atoms with Crippen LogP contribution in [0.2, 0.25) is 5.02 Å². The van der Waals surface area contributed by atoms with Gasteiger partial charge in [0.2, 0.25) is 0 Å². The molecular formula is C11H16ClNO2S.